The number of hydrogen-bond donors (Lipinski definition) is 0. The number of benzene rings is 1. The zero-order chi connectivity index (χ0) is 13.1. The number of hydrogen-bond acceptors (Lipinski definition) is 5. The average Bonchev–Trinajstić information content (AvgIpc) is 2.81. The van der Waals surface area contributed by atoms with E-state index in [1.165, 1.54) is 18.5 Å². The van der Waals surface area contributed by atoms with Gasteiger partial charge in [-0.2, -0.15) is 8.78 Å². The van der Waals surface area contributed by atoms with Gasteiger partial charge in [0.25, 0.3) is 5.69 Å². The molecule has 18 heavy (non-hydrogen) atoms. The van der Waals surface area contributed by atoms with Crippen LogP contribution in [0.1, 0.15) is 0 Å². The number of halogens is 2. The number of rotatable bonds is 4. The lowest BCUT2D eigenvalue weighted by atomic mass is 10.2. The first-order chi connectivity index (χ1) is 8.58. The molecule has 0 radical (unpaired) electrons. The number of nitro groups is 1. The van der Waals surface area contributed by atoms with Crippen LogP contribution in [0.3, 0.4) is 0 Å². The Morgan fingerprint density at radius 2 is 2.22 bits per heavy atom. The van der Waals surface area contributed by atoms with Gasteiger partial charge in [0, 0.05) is 6.07 Å². The molecule has 8 heteroatoms. The van der Waals surface area contributed by atoms with E-state index < -0.39 is 11.5 Å². The molecule has 94 valence electrons. The number of nitro benzene ring substituents is 1. The van der Waals surface area contributed by atoms with Crippen molar-refractivity contribution in [2.24, 2.45) is 0 Å². The summed E-state index contributed by atoms with van der Waals surface area (Å²) in [6.45, 7) is -3.10. The first-order valence-electron chi connectivity index (χ1n) is 4.71. The molecule has 0 fully saturated rings. The molecule has 1 aromatic carbocycles. The number of alkyl halides is 2. The molecule has 0 aliphatic heterocycles. The Morgan fingerprint density at radius 3 is 2.78 bits per heavy atom. The van der Waals surface area contributed by atoms with Gasteiger partial charge in [0.15, 0.2) is 0 Å². The minimum absolute atomic E-state index is 0.0422. The van der Waals surface area contributed by atoms with Crippen molar-refractivity contribution in [2.75, 3.05) is 0 Å². The van der Waals surface area contributed by atoms with Crippen molar-refractivity contribution in [1.82, 2.24) is 4.98 Å². The fourth-order valence-corrected chi connectivity index (χ4v) is 1.35. The van der Waals surface area contributed by atoms with Crippen LogP contribution >= 0.6 is 0 Å². The largest absolute Gasteiger partial charge is 0.444 e. The van der Waals surface area contributed by atoms with Crippen molar-refractivity contribution in [3.63, 3.8) is 0 Å². The summed E-state index contributed by atoms with van der Waals surface area (Å²) in [7, 11) is 0. The van der Waals surface area contributed by atoms with Gasteiger partial charge in [-0.15, -0.1) is 0 Å². The van der Waals surface area contributed by atoms with Gasteiger partial charge in [0.1, 0.15) is 12.0 Å². The lowest BCUT2D eigenvalue weighted by Gasteiger charge is -2.07. The highest BCUT2D eigenvalue weighted by Gasteiger charge is 2.18. The summed E-state index contributed by atoms with van der Waals surface area (Å²) in [5.74, 6) is -0.317. The van der Waals surface area contributed by atoms with Gasteiger partial charge in [0.05, 0.1) is 22.7 Å². The molecule has 6 nitrogen and oxygen atoms in total. The quantitative estimate of drug-likeness (QED) is 0.620. The van der Waals surface area contributed by atoms with Crippen molar-refractivity contribution < 1.29 is 22.9 Å². The van der Waals surface area contributed by atoms with Gasteiger partial charge >= 0.3 is 6.61 Å². The van der Waals surface area contributed by atoms with E-state index >= 15 is 0 Å². The number of aromatic nitrogens is 1. The molecule has 1 heterocycles. The Kier molecular flexibility index (Phi) is 3.18. The van der Waals surface area contributed by atoms with Crippen LogP contribution in [0.5, 0.6) is 5.75 Å². The number of oxazole rings is 1. The molecule has 2 aromatic rings. The number of non-ortho nitro benzene ring substituents is 1. The van der Waals surface area contributed by atoms with E-state index in [1.54, 1.807) is 0 Å². The summed E-state index contributed by atoms with van der Waals surface area (Å²) in [5.41, 5.74) is -0.244. The third-order valence-corrected chi connectivity index (χ3v) is 2.05. The number of nitrogens with zero attached hydrogens (tertiary/aromatic N) is 2. The maximum absolute atomic E-state index is 12.2. The fourth-order valence-electron chi connectivity index (χ4n) is 1.35. The summed E-state index contributed by atoms with van der Waals surface area (Å²) in [4.78, 5) is 13.6. The Labute approximate surface area is 99.0 Å². The van der Waals surface area contributed by atoms with Crippen molar-refractivity contribution in [2.45, 2.75) is 6.61 Å². The highest BCUT2D eigenvalue weighted by molar-refractivity contribution is 5.65. The third kappa shape index (κ3) is 2.42. The Morgan fingerprint density at radius 1 is 1.44 bits per heavy atom. The molecule has 0 unspecified atom stereocenters. The van der Waals surface area contributed by atoms with Gasteiger partial charge in [-0.3, -0.25) is 10.1 Å². The molecular weight excluding hydrogens is 250 g/mol. The minimum Gasteiger partial charge on any atom is -0.444 e. The van der Waals surface area contributed by atoms with E-state index in [2.05, 4.69) is 9.72 Å². The lowest BCUT2D eigenvalue weighted by Crippen LogP contribution is -2.04. The first kappa shape index (κ1) is 12.0. The van der Waals surface area contributed by atoms with Gasteiger partial charge < -0.3 is 9.15 Å². The molecule has 0 atom stereocenters. The molecule has 0 aliphatic rings. The molecule has 0 N–H and O–H groups in total. The maximum atomic E-state index is 12.2. The monoisotopic (exact) mass is 256 g/mol. The molecule has 0 spiro atoms. The molecule has 1 aromatic heterocycles. The summed E-state index contributed by atoms with van der Waals surface area (Å²) in [6.07, 6.45) is 2.58. The van der Waals surface area contributed by atoms with Crippen LogP contribution in [0.2, 0.25) is 0 Å². The fraction of sp³-hybridized carbons (Fsp3) is 0.100. The van der Waals surface area contributed by atoms with Crippen molar-refractivity contribution in [3.05, 3.63) is 40.8 Å². The Bertz CT molecular complexity index is 557. The summed E-state index contributed by atoms with van der Waals surface area (Å²) in [6, 6.07) is 3.28. The minimum atomic E-state index is -3.10. The maximum Gasteiger partial charge on any atom is 0.387 e. The molecule has 0 saturated carbocycles. The first-order valence-corrected chi connectivity index (χ1v) is 4.71. The predicted molar refractivity (Wildman–Crippen MR) is 55.2 cm³/mol. The second kappa shape index (κ2) is 4.78. The molecular formula is C10H6F2N2O4. The zero-order valence-electron chi connectivity index (χ0n) is 8.75. The molecule has 2 rings (SSSR count). The van der Waals surface area contributed by atoms with E-state index in [4.69, 9.17) is 4.42 Å². The Balaban J connectivity index is 2.48. The second-order valence-electron chi connectivity index (χ2n) is 3.15. The highest BCUT2D eigenvalue weighted by atomic mass is 19.3. The summed E-state index contributed by atoms with van der Waals surface area (Å²) < 4.78 is 33.6. The van der Waals surface area contributed by atoms with E-state index in [9.17, 15) is 18.9 Å². The van der Waals surface area contributed by atoms with Crippen LogP contribution in [-0.4, -0.2) is 16.5 Å². The van der Waals surface area contributed by atoms with Gasteiger partial charge in [0.2, 0.25) is 5.89 Å². The van der Waals surface area contributed by atoms with E-state index in [1.807, 2.05) is 0 Å². The second-order valence-corrected chi connectivity index (χ2v) is 3.15. The summed E-state index contributed by atoms with van der Waals surface area (Å²) >= 11 is 0. The standard InChI is InChI=1S/C10H6F2N2O4/c11-10(12)18-8-5-6(14(15)16)1-2-7(8)9-13-3-4-17-9/h1-5,10H. The molecule has 0 saturated heterocycles. The van der Waals surface area contributed by atoms with Crippen molar-refractivity contribution >= 4 is 5.69 Å². The number of ether oxygens (including phenoxy) is 1. The van der Waals surface area contributed by atoms with Crippen molar-refractivity contribution in [3.8, 4) is 17.2 Å². The molecule has 0 bridgehead atoms. The average molecular weight is 256 g/mol. The third-order valence-electron chi connectivity index (χ3n) is 2.05. The molecule has 0 aliphatic carbocycles. The van der Waals surface area contributed by atoms with E-state index in [0.29, 0.717) is 0 Å². The molecule has 0 amide bonds. The normalized spacial score (nSPS) is 10.6. The van der Waals surface area contributed by atoms with Gasteiger partial charge in [-0.25, -0.2) is 4.98 Å². The van der Waals surface area contributed by atoms with Crippen molar-refractivity contribution in [1.29, 1.82) is 0 Å². The topological polar surface area (TPSA) is 78.4 Å². The zero-order valence-corrected chi connectivity index (χ0v) is 8.75. The van der Waals surface area contributed by atoms with Crippen LogP contribution in [0.4, 0.5) is 14.5 Å². The van der Waals surface area contributed by atoms with Crippen LogP contribution in [0.15, 0.2) is 35.1 Å². The van der Waals surface area contributed by atoms with Gasteiger partial charge in [-0.1, -0.05) is 0 Å². The predicted octanol–water partition coefficient (Wildman–Crippen LogP) is 2.85. The van der Waals surface area contributed by atoms with E-state index in [-0.39, 0.29) is 22.9 Å². The van der Waals surface area contributed by atoms with Crippen LogP contribution in [0.25, 0.3) is 11.5 Å². The van der Waals surface area contributed by atoms with Crippen LogP contribution in [-0.2, 0) is 0 Å². The SMILES string of the molecule is O=[N+]([O-])c1ccc(-c2ncco2)c(OC(F)F)c1. The smallest absolute Gasteiger partial charge is 0.387 e. The van der Waals surface area contributed by atoms with E-state index in [0.717, 1.165) is 12.1 Å². The van der Waals surface area contributed by atoms with Crippen LogP contribution in [0, 0.1) is 10.1 Å². The van der Waals surface area contributed by atoms with Crippen LogP contribution < -0.4 is 4.74 Å². The summed E-state index contributed by atoms with van der Waals surface area (Å²) in [5, 5.41) is 10.6. The lowest BCUT2D eigenvalue weighted by molar-refractivity contribution is -0.385. The van der Waals surface area contributed by atoms with Gasteiger partial charge in [-0.05, 0) is 6.07 Å². The highest BCUT2D eigenvalue weighted by Crippen LogP contribution is 2.33. The Hall–Kier alpha value is -2.51.